The van der Waals surface area contributed by atoms with Crippen molar-refractivity contribution in [3.63, 3.8) is 0 Å². The van der Waals surface area contributed by atoms with E-state index < -0.39 is 10.0 Å². The standard InChI is InChI=1S/C21H28N4O3S/c1-15-6-7-19(14-16(15)2)29(27,28)25-12-10-24(11-13-25)21(26)9-8-20-17(3)22-23(5)18(20)4/h6-9,14H,10-13H2,1-5H3/b9-8+. The lowest BCUT2D eigenvalue weighted by Gasteiger charge is -2.33. The monoisotopic (exact) mass is 416 g/mol. The van der Waals surface area contributed by atoms with Gasteiger partial charge in [0.05, 0.1) is 10.6 Å². The molecule has 0 N–H and O–H groups in total. The summed E-state index contributed by atoms with van der Waals surface area (Å²) in [5, 5.41) is 4.35. The van der Waals surface area contributed by atoms with Crippen LogP contribution in [0.25, 0.3) is 6.08 Å². The van der Waals surface area contributed by atoms with E-state index in [1.165, 1.54) is 4.31 Å². The van der Waals surface area contributed by atoms with Gasteiger partial charge in [0.1, 0.15) is 0 Å². The van der Waals surface area contributed by atoms with E-state index in [1.54, 1.807) is 33.9 Å². The first kappa shape index (κ1) is 21.3. The van der Waals surface area contributed by atoms with Crippen molar-refractivity contribution in [3.8, 4) is 0 Å². The van der Waals surface area contributed by atoms with Crippen LogP contribution in [0.15, 0.2) is 29.2 Å². The first-order valence-corrected chi connectivity index (χ1v) is 11.1. The zero-order valence-corrected chi connectivity index (χ0v) is 18.5. The van der Waals surface area contributed by atoms with Crippen LogP contribution in [-0.4, -0.2) is 59.5 Å². The van der Waals surface area contributed by atoms with E-state index in [0.29, 0.717) is 31.1 Å². The Bertz CT molecular complexity index is 1060. The molecule has 1 aliphatic heterocycles. The molecular weight excluding hydrogens is 388 g/mol. The van der Waals surface area contributed by atoms with Crippen molar-refractivity contribution in [1.82, 2.24) is 19.0 Å². The van der Waals surface area contributed by atoms with Gasteiger partial charge in [-0.3, -0.25) is 9.48 Å². The normalized spacial score (nSPS) is 16.0. The lowest BCUT2D eigenvalue weighted by atomic mass is 10.1. The van der Waals surface area contributed by atoms with Crippen molar-refractivity contribution in [2.75, 3.05) is 26.2 Å². The van der Waals surface area contributed by atoms with E-state index in [9.17, 15) is 13.2 Å². The lowest BCUT2D eigenvalue weighted by molar-refractivity contribution is -0.127. The quantitative estimate of drug-likeness (QED) is 0.716. The van der Waals surface area contributed by atoms with Gasteiger partial charge in [0, 0.05) is 50.6 Å². The third-order valence-corrected chi connectivity index (χ3v) is 7.52. The Labute approximate surface area is 172 Å². The van der Waals surface area contributed by atoms with Crippen LogP contribution in [0.3, 0.4) is 0 Å². The molecule has 1 fully saturated rings. The van der Waals surface area contributed by atoms with Gasteiger partial charge in [0.2, 0.25) is 15.9 Å². The third-order valence-electron chi connectivity index (χ3n) is 5.62. The summed E-state index contributed by atoms with van der Waals surface area (Å²) in [6, 6.07) is 5.19. The number of nitrogens with zero attached hydrogens (tertiary/aromatic N) is 4. The summed E-state index contributed by atoms with van der Waals surface area (Å²) in [6.07, 6.45) is 3.34. The number of rotatable bonds is 4. The summed E-state index contributed by atoms with van der Waals surface area (Å²) in [4.78, 5) is 14.5. The number of piperazine rings is 1. The SMILES string of the molecule is Cc1ccc(S(=O)(=O)N2CCN(C(=O)/C=C/c3c(C)nn(C)c3C)CC2)cc1C. The molecule has 1 saturated heterocycles. The fourth-order valence-electron chi connectivity index (χ4n) is 3.46. The van der Waals surface area contributed by atoms with Gasteiger partial charge in [0.15, 0.2) is 0 Å². The minimum absolute atomic E-state index is 0.115. The maximum absolute atomic E-state index is 12.9. The lowest BCUT2D eigenvalue weighted by Crippen LogP contribution is -2.50. The predicted octanol–water partition coefficient (Wildman–Crippen LogP) is 2.20. The maximum Gasteiger partial charge on any atom is 0.246 e. The van der Waals surface area contributed by atoms with E-state index in [1.807, 2.05) is 40.8 Å². The van der Waals surface area contributed by atoms with Gasteiger partial charge >= 0.3 is 0 Å². The number of carbonyl (C=O) groups is 1. The van der Waals surface area contributed by atoms with Gasteiger partial charge < -0.3 is 4.90 Å². The number of hydrogen-bond acceptors (Lipinski definition) is 4. The number of aromatic nitrogens is 2. The van der Waals surface area contributed by atoms with E-state index >= 15 is 0 Å². The number of hydrogen-bond donors (Lipinski definition) is 0. The highest BCUT2D eigenvalue weighted by atomic mass is 32.2. The highest BCUT2D eigenvalue weighted by Gasteiger charge is 2.29. The van der Waals surface area contributed by atoms with Crippen LogP contribution in [0.1, 0.15) is 28.1 Å². The second-order valence-electron chi connectivity index (χ2n) is 7.52. The van der Waals surface area contributed by atoms with Crippen molar-refractivity contribution in [2.45, 2.75) is 32.6 Å². The molecule has 1 aromatic heterocycles. The Balaban J connectivity index is 1.66. The van der Waals surface area contributed by atoms with Crippen LogP contribution >= 0.6 is 0 Å². The molecule has 0 saturated carbocycles. The van der Waals surface area contributed by atoms with E-state index in [2.05, 4.69) is 5.10 Å². The molecular formula is C21H28N4O3S. The summed E-state index contributed by atoms with van der Waals surface area (Å²) in [5.41, 5.74) is 4.82. The molecule has 0 atom stereocenters. The molecule has 0 unspecified atom stereocenters. The number of aryl methyl sites for hydroxylation is 4. The van der Waals surface area contributed by atoms with E-state index in [-0.39, 0.29) is 5.91 Å². The fourth-order valence-corrected chi connectivity index (χ4v) is 4.97. The topological polar surface area (TPSA) is 75.5 Å². The largest absolute Gasteiger partial charge is 0.337 e. The third kappa shape index (κ3) is 4.28. The predicted molar refractivity (Wildman–Crippen MR) is 113 cm³/mol. The molecule has 0 spiro atoms. The number of benzene rings is 1. The Kier molecular flexibility index (Phi) is 5.95. The molecule has 1 aromatic carbocycles. The Hall–Kier alpha value is -2.45. The fraction of sp³-hybridized carbons (Fsp3) is 0.429. The maximum atomic E-state index is 12.9. The Morgan fingerprint density at radius 1 is 1.03 bits per heavy atom. The Morgan fingerprint density at radius 2 is 1.69 bits per heavy atom. The van der Waals surface area contributed by atoms with Crippen LogP contribution in [-0.2, 0) is 21.9 Å². The molecule has 2 aromatic rings. The van der Waals surface area contributed by atoms with Crippen LogP contribution < -0.4 is 0 Å². The molecule has 2 heterocycles. The summed E-state index contributed by atoms with van der Waals surface area (Å²) >= 11 is 0. The first-order chi connectivity index (χ1) is 13.6. The summed E-state index contributed by atoms with van der Waals surface area (Å²) in [7, 11) is -1.68. The minimum Gasteiger partial charge on any atom is -0.337 e. The molecule has 8 heteroatoms. The highest BCUT2D eigenvalue weighted by Crippen LogP contribution is 2.21. The van der Waals surface area contributed by atoms with Gasteiger partial charge in [-0.1, -0.05) is 6.07 Å². The van der Waals surface area contributed by atoms with Crippen molar-refractivity contribution >= 4 is 22.0 Å². The Morgan fingerprint density at radius 3 is 2.24 bits per heavy atom. The van der Waals surface area contributed by atoms with E-state index in [0.717, 1.165) is 28.1 Å². The molecule has 3 rings (SSSR count). The van der Waals surface area contributed by atoms with E-state index in [4.69, 9.17) is 0 Å². The molecule has 1 aliphatic rings. The van der Waals surface area contributed by atoms with Crippen molar-refractivity contribution < 1.29 is 13.2 Å². The number of amides is 1. The van der Waals surface area contributed by atoms with Crippen LogP contribution in [0.5, 0.6) is 0 Å². The van der Waals surface area contributed by atoms with Gasteiger partial charge in [-0.05, 0) is 57.0 Å². The zero-order valence-electron chi connectivity index (χ0n) is 17.6. The highest BCUT2D eigenvalue weighted by molar-refractivity contribution is 7.89. The minimum atomic E-state index is -3.55. The molecule has 1 amide bonds. The second kappa shape index (κ2) is 8.12. The van der Waals surface area contributed by atoms with Crippen molar-refractivity contribution in [1.29, 1.82) is 0 Å². The smallest absolute Gasteiger partial charge is 0.246 e. The van der Waals surface area contributed by atoms with Crippen LogP contribution in [0.4, 0.5) is 0 Å². The number of sulfonamides is 1. The van der Waals surface area contributed by atoms with Crippen LogP contribution in [0.2, 0.25) is 0 Å². The average Bonchev–Trinajstić information content (AvgIpc) is 2.93. The molecule has 156 valence electrons. The summed E-state index contributed by atoms with van der Waals surface area (Å²) < 4.78 is 29.1. The molecule has 7 nitrogen and oxygen atoms in total. The summed E-state index contributed by atoms with van der Waals surface area (Å²) in [5.74, 6) is -0.115. The first-order valence-electron chi connectivity index (χ1n) is 9.66. The molecule has 0 radical (unpaired) electrons. The molecule has 29 heavy (non-hydrogen) atoms. The second-order valence-corrected chi connectivity index (χ2v) is 9.45. The van der Waals surface area contributed by atoms with Gasteiger partial charge in [0.25, 0.3) is 0 Å². The molecule has 0 aliphatic carbocycles. The van der Waals surface area contributed by atoms with Gasteiger partial charge in [-0.2, -0.15) is 9.40 Å². The zero-order chi connectivity index (χ0) is 21.3. The van der Waals surface area contributed by atoms with Gasteiger partial charge in [-0.25, -0.2) is 8.42 Å². The summed E-state index contributed by atoms with van der Waals surface area (Å²) in [6.45, 7) is 9.06. The average molecular weight is 417 g/mol. The van der Waals surface area contributed by atoms with Crippen molar-refractivity contribution in [2.24, 2.45) is 7.05 Å². The van der Waals surface area contributed by atoms with Crippen LogP contribution in [0, 0.1) is 27.7 Å². The van der Waals surface area contributed by atoms with Gasteiger partial charge in [-0.15, -0.1) is 0 Å². The number of carbonyl (C=O) groups excluding carboxylic acids is 1. The molecule has 0 bridgehead atoms. The van der Waals surface area contributed by atoms with Crippen molar-refractivity contribution in [3.05, 3.63) is 52.4 Å².